The number of hydrogen-bond acceptors (Lipinski definition) is 3. The van der Waals surface area contributed by atoms with E-state index in [2.05, 4.69) is 15.9 Å². The molecular formula is C8H10LiNO2S. The van der Waals surface area contributed by atoms with Crippen molar-refractivity contribution in [1.29, 1.82) is 0 Å². The molecule has 0 bridgehead atoms. The van der Waals surface area contributed by atoms with Crippen molar-refractivity contribution < 1.29 is 28.8 Å². The van der Waals surface area contributed by atoms with Crippen LogP contribution in [0.3, 0.4) is 0 Å². The zero-order valence-electron chi connectivity index (χ0n) is 7.56. The SMILES string of the molecule is O=CO.[Li+].[c-]1nc(C2CCC2)cs1. The van der Waals surface area contributed by atoms with E-state index in [0.717, 1.165) is 5.92 Å². The van der Waals surface area contributed by atoms with Crippen LogP contribution in [0.2, 0.25) is 0 Å². The number of rotatable bonds is 1. The Kier molecular flexibility index (Phi) is 6.97. The van der Waals surface area contributed by atoms with Gasteiger partial charge in [-0.15, -0.1) is 11.1 Å². The first kappa shape index (κ1) is 12.7. The van der Waals surface area contributed by atoms with Crippen LogP contribution >= 0.6 is 11.3 Å². The van der Waals surface area contributed by atoms with Crippen molar-refractivity contribution in [3.63, 3.8) is 0 Å². The average molecular weight is 191 g/mol. The summed E-state index contributed by atoms with van der Waals surface area (Å²) in [4.78, 5) is 12.5. The van der Waals surface area contributed by atoms with Crippen LogP contribution in [0.15, 0.2) is 5.38 Å². The molecule has 1 aromatic rings. The molecule has 13 heavy (non-hydrogen) atoms. The molecule has 0 aliphatic heterocycles. The Morgan fingerprint density at radius 1 is 1.69 bits per heavy atom. The molecule has 66 valence electrons. The molecule has 0 spiro atoms. The Labute approximate surface area is 93.4 Å². The normalized spacial score (nSPS) is 14.5. The van der Waals surface area contributed by atoms with Crippen LogP contribution in [0, 0.1) is 5.51 Å². The third-order valence-electron chi connectivity index (χ3n) is 1.93. The van der Waals surface area contributed by atoms with Gasteiger partial charge in [0.15, 0.2) is 0 Å². The van der Waals surface area contributed by atoms with Crippen LogP contribution in [0.25, 0.3) is 0 Å². The maximum Gasteiger partial charge on any atom is 1.00 e. The predicted octanol–water partition coefficient (Wildman–Crippen LogP) is -1.08. The standard InChI is InChI=1S/C7H8NS.CH2O2.Li/c1-2-6(3-1)7-4-9-5-8-7;2-1-3;/h4,6H,1-3H2;1H,(H,2,3);/q-1;;+1. The Bertz CT molecular complexity index is 224. The molecular weight excluding hydrogens is 181 g/mol. The van der Waals surface area contributed by atoms with E-state index in [9.17, 15) is 0 Å². The van der Waals surface area contributed by atoms with Crippen LogP contribution in [-0.4, -0.2) is 16.6 Å². The van der Waals surface area contributed by atoms with Gasteiger partial charge in [-0.2, -0.15) is 0 Å². The minimum atomic E-state index is -0.250. The summed E-state index contributed by atoms with van der Waals surface area (Å²) in [6.07, 6.45) is 4.08. The molecule has 0 amide bonds. The van der Waals surface area contributed by atoms with Gasteiger partial charge < -0.3 is 10.1 Å². The van der Waals surface area contributed by atoms with Crippen LogP contribution in [0.5, 0.6) is 0 Å². The van der Waals surface area contributed by atoms with E-state index >= 15 is 0 Å². The molecule has 1 fully saturated rings. The predicted molar refractivity (Wildman–Crippen MR) is 46.2 cm³/mol. The summed E-state index contributed by atoms with van der Waals surface area (Å²) < 4.78 is 0. The number of nitrogens with zero attached hydrogens (tertiary/aromatic N) is 1. The molecule has 0 unspecified atom stereocenters. The molecule has 3 nitrogen and oxygen atoms in total. The van der Waals surface area contributed by atoms with Crippen LogP contribution in [0.1, 0.15) is 30.9 Å². The summed E-state index contributed by atoms with van der Waals surface area (Å²) in [6, 6.07) is 0. The van der Waals surface area contributed by atoms with Gasteiger partial charge in [0.25, 0.3) is 6.47 Å². The number of hydrogen-bond donors (Lipinski definition) is 1. The van der Waals surface area contributed by atoms with Crippen LogP contribution < -0.4 is 18.9 Å². The van der Waals surface area contributed by atoms with Crippen molar-refractivity contribution in [2.75, 3.05) is 0 Å². The van der Waals surface area contributed by atoms with Crippen molar-refractivity contribution in [3.05, 3.63) is 16.6 Å². The van der Waals surface area contributed by atoms with Gasteiger partial charge in [-0.25, -0.2) is 0 Å². The summed E-state index contributed by atoms with van der Waals surface area (Å²) in [6.45, 7) is -0.250. The first-order valence-electron chi connectivity index (χ1n) is 3.77. The van der Waals surface area contributed by atoms with E-state index in [1.807, 2.05) is 0 Å². The molecule has 0 aromatic carbocycles. The molecule has 0 radical (unpaired) electrons. The molecule has 1 N–H and O–H groups in total. The van der Waals surface area contributed by atoms with Crippen molar-refractivity contribution in [2.45, 2.75) is 25.2 Å². The fourth-order valence-electron chi connectivity index (χ4n) is 1.08. The molecule has 0 atom stereocenters. The van der Waals surface area contributed by atoms with E-state index in [0.29, 0.717) is 0 Å². The van der Waals surface area contributed by atoms with Crippen LogP contribution in [0.4, 0.5) is 0 Å². The van der Waals surface area contributed by atoms with E-state index in [4.69, 9.17) is 9.90 Å². The first-order valence-corrected chi connectivity index (χ1v) is 4.65. The molecule has 0 saturated heterocycles. The number of aromatic nitrogens is 1. The minimum Gasteiger partial charge on any atom is -0.483 e. The number of carboxylic acid groups (broad SMARTS) is 1. The largest absolute Gasteiger partial charge is 1.00 e. The second-order valence-corrected chi connectivity index (χ2v) is 3.25. The van der Waals surface area contributed by atoms with Crippen LogP contribution in [-0.2, 0) is 4.79 Å². The molecule has 1 aromatic heterocycles. The van der Waals surface area contributed by atoms with E-state index in [1.165, 1.54) is 25.0 Å². The fraction of sp³-hybridized carbons (Fsp3) is 0.500. The van der Waals surface area contributed by atoms with E-state index < -0.39 is 0 Å². The second kappa shape index (κ2) is 7.13. The van der Waals surface area contributed by atoms with E-state index in [-0.39, 0.29) is 25.3 Å². The first-order chi connectivity index (χ1) is 5.88. The van der Waals surface area contributed by atoms with Gasteiger partial charge in [-0.1, -0.05) is 25.2 Å². The molecule has 5 heteroatoms. The fourth-order valence-corrected chi connectivity index (χ4v) is 1.66. The summed E-state index contributed by atoms with van der Waals surface area (Å²) in [7, 11) is 0. The number of thiazole rings is 1. The van der Waals surface area contributed by atoms with Gasteiger partial charge in [-0.3, -0.25) is 16.1 Å². The van der Waals surface area contributed by atoms with Gasteiger partial charge in [0, 0.05) is 0 Å². The van der Waals surface area contributed by atoms with Gasteiger partial charge in [-0.05, 0) is 5.51 Å². The maximum absolute atomic E-state index is 8.36. The zero-order valence-corrected chi connectivity index (χ0v) is 8.38. The third-order valence-corrected chi connectivity index (χ3v) is 2.49. The smallest absolute Gasteiger partial charge is 0.483 e. The summed E-state index contributed by atoms with van der Waals surface area (Å²) >= 11 is 1.58. The Morgan fingerprint density at radius 2 is 2.31 bits per heavy atom. The third kappa shape index (κ3) is 3.95. The van der Waals surface area contributed by atoms with Gasteiger partial charge in [0.05, 0.1) is 0 Å². The monoisotopic (exact) mass is 191 g/mol. The Hall–Kier alpha value is -0.303. The minimum absolute atomic E-state index is 0. The topological polar surface area (TPSA) is 50.2 Å². The Morgan fingerprint density at radius 3 is 2.62 bits per heavy atom. The van der Waals surface area contributed by atoms with Gasteiger partial charge in [0.1, 0.15) is 0 Å². The summed E-state index contributed by atoms with van der Waals surface area (Å²) in [5.41, 5.74) is 4.14. The zero-order chi connectivity index (χ0) is 8.81. The second-order valence-electron chi connectivity index (χ2n) is 2.60. The molecule has 1 saturated carbocycles. The molecule has 1 aliphatic carbocycles. The van der Waals surface area contributed by atoms with E-state index in [1.54, 1.807) is 11.3 Å². The van der Waals surface area contributed by atoms with Gasteiger partial charge in [0.2, 0.25) is 0 Å². The van der Waals surface area contributed by atoms with Crippen molar-refractivity contribution >= 4 is 17.8 Å². The molecule has 1 aliphatic rings. The Balaban J connectivity index is 0.000000324. The van der Waals surface area contributed by atoms with Crippen molar-refractivity contribution in [3.8, 4) is 0 Å². The molecule has 1 heterocycles. The van der Waals surface area contributed by atoms with Crippen molar-refractivity contribution in [1.82, 2.24) is 4.98 Å². The number of carbonyl (C=O) groups is 1. The average Bonchev–Trinajstić information content (AvgIpc) is 2.37. The maximum atomic E-state index is 8.36. The van der Waals surface area contributed by atoms with Gasteiger partial charge >= 0.3 is 18.9 Å². The summed E-state index contributed by atoms with van der Waals surface area (Å²) in [5.74, 6) is 0.785. The van der Waals surface area contributed by atoms with Crippen molar-refractivity contribution in [2.24, 2.45) is 0 Å². The quantitative estimate of drug-likeness (QED) is 0.349. The molecule has 2 rings (SSSR count). The summed E-state index contributed by atoms with van der Waals surface area (Å²) in [5, 5.41) is 9.00.